The molecule has 0 saturated heterocycles. The van der Waals surface area contributed by atoms with Gasteiger partial charge in [0.05, 0.1) is 5.69 Å². The van der Waals surface area contributed by atoms with Crippen LogP contribution in [-0.2, 0) is 0 Å². The summed E-state index contributed by atoms with van der Waals surface area (Å²) in [5.74, 6) is -1.13. The van der Waals surface area contributed by atoms with Gasteiger partial charge in [-0.1, -0.05) is 22.0 Å². The zero-order chi connectivity index (χ0) is 15.6. The number of amides is 2. The number of hydrogen-bond acceptors (Lipinski definition) is 2. The Labute approximate surface area is 129 Å². The van der Waals surface area contributed by atoms with Crippen LogP contribution < -0.4 is 10.6 Å². The summed E-state index contributed by atoms with van der Waals surface area (Å²) >= 11 is 3.38. The Balaban J connectivity index is 2.16. The van der Waals surface area contributed by atoms with Crippen LogP contribution >= 0.6 is 15.9 Å². The largest absolute Gasteiger partial charge is 0.477 e. The number of aromatic carboxylic acids is 1. The highest BCUT2D eigenvalue weighted by molar-refractivity contribution is 9.10. The van der Waals surface area contributed by atoms with Crippen LogP contribution in [0.5, 0.6) is 0 Å². The normalized spacial score (nSPS) is 10.2. The molecule has 0 radical (unpaired) electrons. The first-order valence-electron chi connectivity index (χ1n) is 6.14. The highest BCUT2D eigenvalue weighted by Crippen LogP contribution is 2.24. The van der Waals surface area contributed by atoms with Crippen molar-refractivity contribution < 1.29 is 14.7 Å². The molecule has 0 spiro atoms. The second-order valence-electron chi connectivity index (χ2n) is 4.54. The first-order chi connectivity index (χ1) is 9.88. The van der Waals surface area contributed by atoms with Crippen LogP contribution in [0.3, 0.4) is 0 Å². The Morgan fingerprint density at radius 3 is 2.52 bits per heavy atom. The van der Waals surface area contributed by atoms with Crippen molar-refractivity contribution in [3.63, 3.8) is 0 Å². The molecule has 0 aliphatic rings. The van der Waals surface area contributed by atoms with Crippen molar-refractivity contribution in [2.45, 2.75) is 13.8 Å². The Kier molecular flexibility index (Phi) is 4.32. The molecule has 6 nitrogen and oxygen atoms in total. The number of carboxylic acid groups (broad SMARTS) is 1. The van der Waals surface area contributed by atoms with E-state index in [1.807, 2.05) is 13.0 Å². The van der Waals surface area contributed by atoms with Gasteiger partial charge in [-0.05, 0) is 37.6 Å². The highest BCUT2D eigenvalue weighted by atomic mass is 79.9. The summed E-state index contributed by atoms with van der Waals surface area (Å²) in [6.07, 6.45) is 0. The minimum absolute atomic E-state index is 0.0476. The van der Waals surface area contributed by atoms with E-state index >= 15 is 0 Å². The molecule has 7 heteroatoms. The van der Waals surface area contributed by atoms with Crippen LogP contribution in [0.4, 0.5) is 16.2 Å². The Morgan fingerprint density at radius 2 is 1.86 bits per heavy atom. The summed E-state index contributed by atoms with van der Waals surface area (Å²) in [6, 6.07) is 6.50. The zero-order valence-corrected chi connectivity index (χ0v) is 13.0. The first kappa shape index (κ1) is 15.1. The smallest absolute Gasteiger partial charge is 0.354 e. The molecule has 0 aliphatic heterocycles. The molecule has 0 unspecified atom stereocenters. The fourth-order valence-electron chi connectivity index (χ4n) is 1.88. The van der Waals surface area contributed by atoms with Gasteiger partial charge in [-0.25, -0.2) is 9.59 Å². The van der Waals surface area contributed by atoms with Crippen LogP contribution in [0, 0.1) is 13.8 Å². The molecular weight excluding hydrogens is 338 g/mol. The second kappa shape index (κ2) is 6.01. The molecule has 1 heterocycles. The monoisotopic (exact) mass is 351 g/mol. The predicted molar refractivity (Wildman–Crippen MR) is 84.0 cm³/mol. The molecule has 4 N–H and O–H groups in total. The maximum atomic E-state index is 12.0. The van der Waals surface area contributed by atoms with Gasteiger partial charge in [-0.15, -0.1) is 0 Å². The lowest BCUT2D eigenvalue weighted by Gasteiger charge is -2.10. The number of halogens is 1. The van der Waals surface area contributed by atoms with Crippen molar-refractivity contribution in [3.8, 4) is 0 Å². The lowest BCUT2D eigenvalue weighted by atomic mass is 10.2. The molecule has 2 rings (SSSR count). The zero-order valence-electron chi connectivity index (χ0n) is 11.5. The van der Waals surface area contributed by atoms with Gasteiger partial charge >= 0.3 is 12.0 Å². The van der Waals surface area contributed by atoms with E-state index < -0.39 is 12.0 Å². The van der Waals surface area contributed by atoms with E-state index in [2.05, 4.69) is 31.5 Å². The van der Waals surface area contributed by atoms with Gasteiger partial charge in [0, 0.05) is 15.9 Å². The molecule has 0 bridgehead atoms. The number of H-pyrrole nitrogens is 1. The molecule has 0 saturated carbocycles. The molecule has 2 aromatic rings. The van der Waals surface area contributed by atoms with Gasteiger partial charge < -0.3 is 20.7 Å². The lowest BCUT2D eigenvalue weighted by molar-refractivity contribution is 0.0692. The number of carboxylic acids is 1. The van der Waals surface area contributed by atoms with Gasteiger partial charge in [0.1, 0.15) is 5.69 Å². The number of benzene rings is 1. The summed E-state index contributed by atoms with van der Waals surface area (Å²) in [5.41, 5.74) is 2.36. The van der Waals surface area contributed by atoms with Crippen LogP contribution in [0.2, 0.25) is 0 Å². The molecule has 0 fully saturated rings. The third kappa shape index (κ3) is 3.43. The summed E-state index contributed by atoms with van der Waals surface area (Å²) in [7, 11) is 0. The lowest BCUT2D eigenvalue weighted by Crippen LogP contribution is -2.21. The number of carbonyl (C=O) groups is 2. The van der Waals surface area contributed by atoms with E-state index in [1.54, 1.807) is 25.1 Å². The molecule has 2 amide bonds. The van der Waals surface area contributed by atoms with Gasteiger partial charge in [-0.2, -0.15) is 0 Å². The van der Waals surface area contributed by atoms with Crippen molar-refractivity contribution in [1.82, 2.24) is 4.98 Å². The summed E-state index contributed by atoms with van der Waals surface area (Å²) in [4.78, 5) is 25.7. The van der Waals surface area contributed by atoms with Crippen molar-refractivity contribution >= 4 is 39.3 Å². The number of aryl methyl sites for hydroxylation is 1. The summed E-state index contributed by atoms with van der Waals surface area (Å²) < 4.78 is 0.879. The van der Waals surface area contributed by atoms with Gasteiger partial charge in [0.15, 0.2) is 0 Å². The average Bonchev–Trinajstić information content (AvgIpc) is 2.76. The number of aromatic amines is 1. The third-order valence-corrected chi connectivity index (χ3v) is 3.79. The number of hydrogen-bond donors (Lipinski definition) is 4. The fourth-order valence-corrected chi connectivity index (χ4v) is 2.24. The van der Waals surface area contributed by atoms with E-state index in [9.17, 15) is 9.59 Å². The van der Waals surface area contributed by atoms with E-state index in [1.165, 1.54) is 0 Å². The van der Waals surface area contributed by atoms with Crippen molar-refractivity contribution in [3.05, 3.63) is 45.7 Å². The molecule has 1 aromatic carbocycles. The standard InChI is InChI=1S/C14H14BrN3O3/c1-7-6-11(12(16-7)13(19)20)18-14(21)17-10-5-3-4-9(15)8(10)2/h3-6,16H,1-2H3,(H,19,20)(H2,17,18,21). The Morgan fingerprint density at radius 1 is 1.19 bits per heavy atom. The molecule has 0 atom stereocenters. The van der Waals surface area contributed by atoms with E-state index in [0.29, 0.717) is 11.4 Å². The first-order valence-corrected chi connectivity index (χ1v) is 6.94. The number of anilines is 2. The summed E-state index contributed by atoms with van der Waals surface area (Å²) in [6.45, 7) is 3.58. The fraction of sp³-hybridized carbons (Fsp3) is 0.143. The van der Waals surface area contributed by atoms with E-state index in [0.717, 1.165) is 10.0 Å². The second-order valence-corrected chi connectivity index (χ2v) is 5.39. The maximum Gasteiger partial charge on any atom is 0.354 e. The van der Waals surface area contributed by atoms with Crippen molar-refractivity contribution in [1.29, 1.82) is 0 Å². The summed E-state index contributed by atoms with van der Waals surface area (Å²) in [5, 5.41) is 14.3. The number of aromatic nitrogens is 1. The molecule has 0 aliphatic carbocycles. The van der Waals surface area contributed by atoms with Gasteiger partial charge in [-0.3, -0.25) is 0 Å². The average molecular weight is 352 g/mol. The van der Waals surface area contributed by atoms with Gasteiger partial charge in [0.2, 0.25) is 0 Å². The molecule has 1 aromatic heterocycles. The number of rotatable bonds is 3. The van der Waals surface area contributed by atoms with Gasteiger partial charge in [0.25, 0.3) is 0 Å². The number of carbonyl (C=O) groups excluding carboxylic acids is 1. The topological polar surface area (TPSA) is 94.2 Å². The molecule has 21 heavy (non-hydrogen) atoms. The van der Waals surface area contributed by atoms with Crippen molar-refractivity contribution in [2.24, 2.45) is 0 Å². The van der Waals surface area contributed by atoms with Crippen molar-refractivity contribution in [2.75, 3.05) is 10.6 Å². The Hall–Kier alpha value is -2.28. The molecular formula is C14H14BrN3O3. The third-order valence-electron chi connectivity index (χ3n) is 2.93. The predicted octanol–water partition coefficient (Wildman–Crippen LogP) is 3.74. The SMILES string of the molecule is Cc1cc(NC(=O)Nc2cccc(Br)c2C)c(C(=O)O)[nH]1. The van der Waals surface area contributed by atoms with Crippen LogP contribution in [0.25, 0.3) is 0 Å². The van der Waals surface area contributed by atoms with Crippen LogP contribution in [-0.4, -0.2) is 22.1 Å². The molecule has 110 valence electrons. The number of urea groups is 1. The maximum absolute atomic E-state index is 12.0. The minimum atomic E-state index is -1.13. The van der Waals surface area contributed by atoms with E-state index in [-0.39, 0.29) is 11.4 Å². The number of nitrogens with one attached hydrogen (secondary N) is 3. The van der Waals surface area contributed by atoms with Crippen LogP contribution in [0.15, 0.2) is 28.7 Å². The van der Waals surface area contributed by atoms with Crippen LogP contribution in [0.1, 0.15) is 21.7 Å². The minimum Gasteiger partial charge on any atom is -0.477 e. The quantitative estimate of drug-likeness (QED) is 0.678. The highest BCUT2D eigenvalue weighted by Gasteiger charge is 2.15. The van der Waals surface area contributed by atoms with E-state index in [4.69, 9.17) is 5.11 Å². The Bertz CT molecular complexity index is 709.